The van der Waals surface area contributed by atoms with Crippen molar-refractivity contribution in [2.24, 2.45) is 0 Å². The SMILES string of the molecule is CNCCC(=O)N1CCCC1c1ccc(C)c(C)c1. The maximum absolute atomic E-state index is 12.2. The van der Waals surface area contributed by atoms with Gasteiger partial charge in [0.1, 0.15) is 0 Å². The fourth-order valence-corrected chi connectivity index (χ4v) is 2.76. The average molecular weight is 260 g/mol. The summed E-state index contributed by atoms with van der Waals surface area (Å²) in [5.74, 6) is 0.273. The van der Waals surface area contributed by atoms with E-state index in [0.29, 0.717) is 6.42 Å². The van der Waals surface area contributed by atoms with Gasteiger partial charge in [-0.05, 0) is 50.4 Å². The highest BCUT2D eigenvalue weighted by atomic mass is 16.2. The normalized spacial score (nSPS) is 18.9. The van der Waals surface area contributed by atoms with Crippen molar-refractivity contribution in [3.8, 4) is 0 Å². The Morgan fingerprint density at radius 1 is 1.37 bits per heavy atom. The first-order valence-electron chi connectivity index (χ1n) is 7.14. The summed E-state index contributed by atoms with van der Waals surface area (Å²) in [5, 5.41) is 3.05. The molecule has 0 spiro atoms. The first-order chi connectivity index (χ1) is 9.13. The molecule has 1 saturated heterocycles. The zero-order valence-electron chi connectivity index (χ0n) is 12.2. The largest absolute Gasteiger partial charge is 0.336 e. The summed E-state index contributed by atoms with van der Waals surface area (Å²) in [5.41, 5.74) is 3.92. The maximum atomic E-state index is 12.2. The number of hydrogen-bond acceptors (Lipinski definition) is 2. The third kappa shape index (κ3) is 3.16. The van der Waals surface area contributed by atoms with Crippen LogP contribution in [0.4, 0.5) is 0 Å². The number of benzene rings is 1. The van der Waals surface area contributed by atoms with Gasteiger partial charge in [-0.25, -0.2) is 0 Å². The number of aryl methyl sites for hydroxylation is 2. The second kappa shape index (κ2) is 6.20. The molecule has 1 aromatic rings. The van der Waals surface area contributed by atoms with Gasteiger partial charge in [-0.2, -0.15) is 0 Å². The standard InChI is InChI=1S/C16H24N2O/c1-12-6-7-14(11-13(12)2)15-5-4-10-18(15)16(19)8-9-17-3/h6-7,11,15,17H,4-5,8-10H2,1-3H3. The van der Waals surface area contributed by atoms with Crippen LogP contribution >= 0.6 is 0 Å². The van der Waals surface area contributed by atoms with Crippen molar-refractivity contribution in [2.75, 3.05) is 20.1 Å². The molecule has 0 aliphatic carbocycles. The van der Waals surface area contributed by atoms with Crippen LogP contribution < -0.4 is 5.32 Å². The Labute approximate surface area is 116 Å². The van der Waals surface area contributed by atoms with Gasteiger partial charge >= 0.3 is 0 Å². The van der Waals surface area contributed by atoms with Gasteiger partial charge in [-0.15, -0.1) is 0 Å². The molecule has 1 amide bonds. The number of amides is 1. The Morgan fingerprint density at radius 3 is 2.84 bits per heavy atom. The highest BCUT2D eigenvalue weighted by Crippen LogP contribution is 2.33. The van der Waals surface area contributed by atoms with Crippen LogP contribution in [0.15, 0.2) is 18.2 Å². The number of rotatable bonds is 4. The predicted octanol–water partition coefficient (Wildman–Crippen LogP) is 2.58. The number of hydrogen-bond donors (Lipinski definition) is 1. The third-order valence-electron chi connectivity index (χ3n) is 4.08. The minimum absolute atomic E-state index is 0.273. The van der Waals surface area contributed by atoms with E-state index in [-0.39, 0.29) is 11.9 Å². The van der Waals surface area contributed by atoms with Crippen LogP contribution in [0.1, 0.15) is 42.0 Å². The summed E-state index contributed by atoms with van der Waals surface area (Å²) >= 11 is 0. The van der Waals surface area contributed by atoms with Crippen LogP contribution in [0.3, 0.4) is 0 Å². The number of nitrogens with one attached hydrogen (secondary N) is 1. The van der Waals surface area contributed by atoms with Gasteiger partial charge in [0, 0.05) is 19.5 Å². The van der Waals surface area contributed by atoms with Gasteiger partial charge in [0.15, 0.2) is 0 Å². The van der Waals surface area contributed by atoms with Gasteiger partial charge in [0.05, 0.1) is 6.04 Å². The number of carbonyl (C=O) groups is 1. The van der Waals surface area contributed by atoms with Gasteiger partial charge < -0.3 is 10.2 Å². The third-order valence-corrected chi connectivity index (χ3v) is 4.08. The molecule has 0 radical (unpaired) electrons. The minimum Gasteiger partial charge on any atom is -0.336 e. The van der Waals surface area contributed by atoms with E-state index in [9.17, 15) is 4.79 Å². The average Bonchev–Trinajstić information content (AvgIpc) is 2.88. The van der Waals surface area contributed by atoms with Gasteiger partial charge in [-0.1, -0.05) is 18.2 Å². The summed E-state index contributed by atoms with van der Waals surface area (Å²) in [6.45, 7) is 5.93. The van der Waals surface area contributed by atoms with Crippen molar-refractivity contribution < 1.29 is 4.79 Å². The molecule has 1 aliphatic heterocycles. The number of nitrogens with zero attached hydrogens (tertiary/aromatic N) is 1. The summed E-state index contributed by atoms with van der Waals surface area (Å²) < 4.78 is 0. The van der Waals surface area contributed by atoms with Crippen molar-refractivity contribution in [2.45, 2.75) is 39.2 Å². The molecule has 1 fully saturated rings. The highest BCUT2D eigenvalue weighted by Gasteiger charge is 2.29. The molecule has 3 heteroatoms. The van der Waals surface area contributed by atoms with Crippen LogP contribution in [0.25, 0.3) is 0 Å². The zero-order chi connectivity index (χ0) is 13.8. The van der Waals surface area contributed by atoms with E-state index in [1.807, 2.05) is 7.05 Å². The van der Waals surface area contributed by atoms with Crippen molar-refractivity contribution in [1.82, 2.24) is 10.2 Å². The summed E-state index contributed by atoms with van der Waals surface area (Å²) in [7, 11) is 1.89. The van der Waals surface area contributed by atoms with Gasteiger partial charge in [-0.3, -0.25) is 4.79 Å². The van der Waals surface area contributed by atoms with E-state index in [1.54, 1.807) is 0 Å². The first-order valence-corrected chi connectivity index (χ1v) is 7.14. The number of carbonyl (C=O) groups excluding carboxylic acids is 1. The van der Waals surface area contributed by atoms with Gasteiger partial charge in [0.2, 0.25) is 5.91 Å². The summed E-state index contributed by atoms with van der Waals surface area (Å²) in [6.07, 6.45) is 2.80. The van der Waals surface area contributed by atoms with Gasteiger partial charge in [0.25, 0.3) is 0 Å². The van der Waals surface area contributed by atoms with Crippen LogP contribution in [0.2, 0.25) is 0 Å². The van der Waals surface area contributed by atoms with E-state index in [0.717, 1.165) is 25.9 Å². The van der Waals surface area contributed by atoms with Crippen LogP contribution in [0.5, 0.6) is 0 Å². The lowest BCUT2D eigenvalue weighted by Crippen LogP contribution is -2.32. The Morgan fingerprint density at radius 2 is 2.16 bits per heavy atom. The second-order valence-electron chi connectivity index (χ2n) is 5.44. The molecule has 1 aliphatic rings. The fraction of sp³-hybridized carbons (Fsp3) is 0.562. The monoisotopic (exact) mass is 260 g/mol. The van der Waals surface area contributed by atoms with E-state index in [1.165, 1.54) is 16.7 Å². The van der Waals surface area contributed by atoms with E-state index >= 15 is 0 Å². The second-order valence-corrected chi connectivity index (χ2v) is 5.44. The molecule has 104 valence electrons. The lowest BCUT2D eigenvalue weighted by Gasteiger charge is -2.25. The maximum Gasteiger partial charge on any atom is 0.224 e. The van der Waals surface area contributed by atoms with Crippen LogP contribution in [-0.2, 0) is 4.79 Å². The lowest BCUT2D eigenvalue weighted by atomic mass is 9.99. The topological polar surface area (TPSA) is 32.3 Å². The lowest BCUT2D eigenvalue weighted by molar-refractivity contribution is -0.132. The van der Waals surface area contributed by atoms with Crippen molar-refractivity contribution in [3.05, 3.63) is 34.9 Å². The molecular weight excluding hydrogens is 236 g/mol. The predicted molar refractivity (Wildman–Crippen MR) is 78.1 cm³/mol. The molecule has 2 rings (SSSR count). The first kappa shape index (κ1) is 14.1. The fourth-order valence-electron chi connectivity index (χ4n) is 2.76. The Kier molecular flexibility index (Phi) is 4.59. The molecule has 1 N–H and O–H groups in total. The molecule has 1 atom stereocenters. The minimum atomic E-state index is 0.273. The van der Waals surface area contributed by atoms with Crippen LogP contribution in [-0.4, -0.2) is 30.9 Å². The molecule has 19 heavy (non-hydrogen) atoms. The van der Waals surface area contributed by atoms with E-state index < -0.39 is 0 Å². The summed E-state index contributed by atoms with van der Waals surface area (Å²) in [6, 6.07) is 6.86. The van der Waals surface area contributed by atoms with Crippen molar-refractivity contribution in [3.63, 3.8) is 0 Å². The molecule has 1 unspecified atom stereocenters. The molecule has 3 nitrogen and oxygen atoms in total. The Bertz CT molecular complexity index is 456. The quantitative estimate of drug-likeness (QED) is 0.902. The molecular formula is C16H24N2O. The smallest absolute Gasteiger partial charge is 0.224 e. The highest BCUT2D eigenvalue weighted by molar-refractivity contribution is 5.77. The molecule has 0 aromatic heterocycles. The Balaban J connectivity index is 2.13. The Hall–Kier alpha value is -1.35. The molecule has 1 heterocycles. The number of likely N-dealkylation sites (tertiary alicyclic amines) is 1. The van der Waals surface area contributed by atoms with Crippen molar-refractivity contribution in [1.29, 1.82) is 0 Å². The molecule has 1 aromatic carbocycles. The van der Waals surface area contributed by atoms with Crippen LogP contribution in [0, 0.1) is 13.8 Å². The van der Waals surface area contributed by atoms with Crippen molar-refractivity contribution >= 4 is 5.91 Å². The summed E-state index contributed by atoms with van der Waals surface area (Å²) in [4.78, 5) is 14.3. The zero-order valence-corrected chi connectivity index (χ0v) is 12.2. The van der Waals surface area contributed by atoms with E-state index in [4.69, 9.17) is 0 Å². The molecule has 0 bridgehead atoms. The van der Waals surface area contributed by atoms with E-state index in [2.05, 4.69) is 42.3 Å². The molecule has 0 saturated carbocycles.